The molecule has 0 aliphatic rings. The molecule has 0 unspecified atom stereocenters. The first kappa shape index (κ1) is 34.9. The SMILES string of the molecule is c1ccc(-c2ccc(N(c3ccc(-c4cccc(-n5c6ccccc6c6ccccc65)c4)cc3)c3ccccc3-c3cccc4c3oc3ccc5ccccc5c34)cc2)cc1. The van der Waals surface area contributed by atoms with Gasteiger partial charge in [-0.2, -0.15) is 0 Å². The number of hydrogen-bond donors (Lipinski definition) is 0. The van der Waals surface area contributed by atoms with E-state index in [1.54, 1.807) is 0 Å². The van der Waals surface area contributed by atoms with Crippen LogP contribution in [0.15, 0.2) is 235 Å². The smallest absolute Gasteiger partial charge is 0.143 e. The van der Waals surface area contributed by atoms with Gasteiger partial charge >= 0.3 is 0 Å². The molecule has 61 heavy (non-hydrogen) atoms. The quantitative estimate of drug-likeness (QED) is 0.161. The first-order chi connectivity index (χ1) is 30.3. The number of rotatable bonds is 7. The van der Waals surface area contributed by atoms with Crippen molar-refractivity contribution in [3.63, 3.8) is 0 Å². The van der Waals surface area contributed by atoms with Crippen LogP contribution in [0, 0.1) is 0 Å². The predicted octanol–water partition coefficient (Wildman–Crippen LogP) is 16.3. The van der Waals surface area contributed by atoms with Gasteiger partial charge in [0.2, 0.25) is 0 Å². The van der Waals surface area contributed by atoms with Gasteiger partial charge in [0.1, 0.15) is 11.2 Å². The molecule has 3 nitrogen and oxygen atoms in total. The maximum absolute atomic E-state index is 6.79. The van der Waals surface area contributed by atoms with Crippen LogP contribution in [0.1, 0.15) is 0 Å². The van der Waals surface area contributed by atoms with E-state index < -0.39 is 0 Å². The summed E-state index contributed by atoms with van der Waals surface area (Å²) in [5.74, 6) is 0. The Balaban J connectivity index is 0.992. The molecule has 286 valence electrons. The van der Waals surface area contributed by atoms with Crippen LogP contribution in [0.2, 0.25) is 0 Å². The Morgan fingerprint density at radius 3 is 1.64 bits per heavy atom. The summed E-state index contributed by atoms with van der Waals surface area (Å²) in [4.78, 5) is 2.37. The van der Waals surface area contributed by atoms with E-state index in [1.165, 1.54) is 43.7 Å². The molecule has 0 saturated heterocycles. The van der Waals surface area contributed by atoms with Crippen molar-refractivity contribution in [2.24, 2.45) is 0 Å². The number of aromatic nitrogens is 1. The zero-order valence-corrected chi connectivity index (χ0v) is 33.2. The highest BCUT2D eigenvalue weighted by Crippen LogP contribution is 2.46. The van der Waals surface area contributed by atoms with Crippen LogP contribution < -0.4 is 4.90 Å². The molecule has 3 heteroatoms. The van der Waals surface area contributed by atoms with Crippen molar-refractivity contribution < 1.29 is 4.42 Å². The molecule has 10 aromatic carbocycles. The molecule has 0 aliphatic heterocycles. The van der Waals surface area contributed by atoms with Gasteiger partial charge in [0, 0.05) is 49.7 Å². The van der Waals surface area contributed by atoms with Crippen LogP contribution >= 0.6 is 0 Å². The third-order valence-electron chi connectivity index (χ3n) is 12.2. The van der Waals surface area contributed by atoms with Crippen molar-refractivity contribution >= 4 is 71.6 Å². The molecule has 2 heterocycles. The number of fused-ring (bicyclic) bond motifs is 8. The van der Waals surface area contributed by atoms with Gasteiger partial charge < -0.3 is 13.9 Å². The zero-order valence-electron chi connectivity index (χ0n) is 33.2. The molecular weight excluding hydrogens is 741 g/mol. The highest BCUT2D eigenvalue weighted by atomic mass is 16.3. The van der Waals surface area contributed by atoms with Crippen molar-refractivity contribution in [1.29, 1.82) is 0 Å². The molecule has 0 saturated carbocycles. The lowest BCUT2D eigenvalue weighted by molar-refractivity contribution is 0.670. The number of anilines is 3. The van der Waals surface area contributed by atoms with Gasteiger partial charge in [-0.25, -0.2) is 0 Å². The molecule has 12 rings (SSSR count). The Morgan fingerprint density at radius 1 is 0.361 bits per heavy atom. The van der Waals surface area contributed by atoms with E-state index in [0.29, 0.717) is 0 Å². The summed E-state index contributed by atoms with van der Waals surface area (Å²) in [7, 11) is 0. The molecule has 0 amide bonds. The van der Waals surface area contributed by atoms with Crippen LogP contribution in [-0.2, 0) is 0 Å². The summed E-state index contributed by atoms with van der Waals surface area (Å²) in [6.45, 7) is 0. The fourth-order valence-electron chi connectivity index (χ4n) is 9.37. The maximum atomic E-state index is 6.79. The van der Waals surface area contributed by atoms with E-state index in [9.17, 15) is 0 Å². The van der Waals surface area contributed by atoms with Crippen LogP contribution in [0.25, 0.3) is 93.6 Å². The Labute approximate surface area is 353 Å². The van der Waals surface area contributed by atoms with Crippen molar-refractivity contribution in [2.45, 2.75) is 0 Å². The largest absolute Gasteiger partial charge is 0.455 e. The van der Waals surface area contributed by atoms with Gasteiger partial charge in [-0.15, -0.1) is 0 Å². The van der Waals surface area contributed by atoms with Crippen molar-refractivity contribution in [2.75, 3.05) is 4.90 Å². The number of benzene rings is 10. The first-order valence-corrected chi connectivity index (χ1v) is 20.8. The standard InChI is InChI=1S/C58H38N2O/c1-2-14-39(15-3-1)40-28-33-44(34-29-40)59(53-25-9-8-22-50(53)51-23-13-24-52-57-47-19-5-4-16-42(47)32-37-56(57)61-58(51)52)45-35-30-41(31-36-45)43-17-12-18-46(38-43)60-54-26-10-6-20-48(54)49-21-7-11-27-55(49)60/h1-38H. The van der Waals surface area contributed by atoms with Crippen LogP contribution in [0.4, 0.5) is 17.1 Å². The van der Waals surface area contributed by atoms with Gasteiger partial charge in [0.15, 0.2) is 0 Å². The van der Waals surface area contributed by atoms with E-state index in [2.05, 4.69) is 240 Å². The molecule has 0 aliphatic carbocycles. The van der Waals surface area contributed by atoms with Gasteiger partial charge in [-0.05, 0) is 93.7 Å². The topological polar surface area (TPSA) is 21.3 Å². The van der Waals surface area contributed by atoms with E-state index in [-0.39, 0.29) is 0 Å². The Bertz CT molecular complexity index is 3520. The zero-order chi connectivity index (χ0) is 40.3. The number of para-hydroxylation sites is 4. The number of nitrogens with zero attached hydrogens (tertiary/aromatic N) is 2. The molecule has 0 radical (unpaired) electrons. The highest BCUT2D eigenvalue weighted by Gasteiger charge is 2.21. The fourth-order valence-corrected chi connectivity index (χ4v) is 9.37. The Kier molecular flexibility index (Phi) is 8.17. The third kappa shape index (κ3) is 5.82. The van der Waals surface area contributed by atoms with Crippen LogP contribution in [0.5, 0.6) is 0 Å². The molecular formula is C58H38N2O. The monoisotopic (exact) mass is 778 g/mol. The second-order valence-electron chi connectivity index (χ2n) is 15.7. The summed E-state index contributed by atoms with van der Waals surface area (Å²) in [5, 5.41) is 7.19. The fraction of sp³-hybridized carbons (Fsp3) is 0. The molecule has 0 bridgehead atoms. The van der Waals surface area contributed by atoms with E-state index >= 15 is 0 Å². The minimum absolute atomic E-state index is 0.888. The molecule has 0 N–H and O–H groups in total. The summed E-state index contributed by atoms with van der Waals surface area (Å²) in [5.41, 5.74) is 15.3. The number of furan rings is 1. The first-order valence-electron chi connectivity index (χ1n) is 20.8. The lowest BCUT2D eigenvalue weighted by Gasteiger charge is -2.28. The minimum atomic E-state index is 0.888. The normalized spacial score (nSPS) is 11.6. The lowest BCUT2D eigenvalue weighted by Crippen LogP contribution is -2.11. The molecule has 0 atom stereocenters. The van der Waals surface area contributed by atoms with Crippen LogP contribution in [-0.4, -0.2) is 4.57 Å². The van der Waals surface area contributed by atoms with E-state index in [4.69, 9.17) is 4.42 Å². The second kappa shape index (κ2) is 14.3. The molecule has 2 aromatic heterocycles. The maximum Gasteiger partial charge on any atom is 0.143 e. The summed E-state index contributed by atoms with van der Waals surface area (Å²) < 4.78 is 9.17. The molecule has 0 spiro atoms. The van der Waals surface area contributed by atoms with Crippen molar-refractivity contribution in [3.8, 4) is 39.1 Å². The second-order valence-corrected chi connectivity index (χ2v) is 15.7. The Morgan fingerprint density at radius 2 is 0.902 bits per heavy atom. The molecule has 12 aromatic rings. The predicted molar refractivity (Wildman–Crippen MR) is 257 cm³/mol. The Hall–Kier alpha value is -8.14. The van der Waals surface area contributed by atoms with Crippen molar-refractivity contribution in [3.05, 3.63) is 231 Å². The third-order valence-corrected chi connectivity index (χ3v) is 12.2. The molecule has 0 fully saturated rings. The van der Waals surface area contributed by atoms with E-state index in [0.717, 1.165) is 66.9 Å². The lowest BCUT2D eigenvalue weighted by atomic mass is 9.97. The van der Waals surface area contributed by atoms with E-state index in [1.807, 2.05) is 0 Å². The van der Waals surface area contributed by atoms with Gasteiger partial charge in [-0.3, -0.25) is 0 Å². The number of hydrogen-bond acceptors (Lipinski definition) is 2. The highest BCUT2D eigenvalue weighted by molar-refractivity contribution is 6.21. The summed E-state index contributed by atoms with van der Waals surface area (Å²) in [6.07, 6.45) is 0. The van der Waals surface area contributed by atoms with Gasteiger partial charge in [0.25, 0.3) is 0 Å². The average molecular weight is 779 g/mol. The average Bonchev–Trinajstić information content (AvgIpc) is 3.89. The van der Waals surface area contributed by atoms with Crippen LogP contribution in [0.3, 0.4) is 0 Å². The van der Waals surface area contributed by atoms with Gasteiger partial charge in [-0.1, -0.05) is 170 Å². The summed E-state index contributed by atoms with van der Waals surface area (Å²) >= 11 is 0. The van der Waals surface area contributed by atoms with Crippen molar-refractivity contribution in [1.82, 2.24) is 4.57 Å². The summed E-state index contributed by atoms with van der Waals surface area (Å²) in [6, 6.07) is 82.8. The minimum Gasteiger partial charge on any atom is -0.455 e. The van der Waals surface area contributed by atoms with Gasteiger partial charge in [0.05, 0.1) is 16.7 Å².